The van der Waals surface area contributed by atoms with Crippen molar-refractivity contribution in [3.05, 3.63) is 199 Å². The lowest BCUT2D eigenvalue weighted by atomic mass is 10.0. The summed E-state index contributed by atoms with van der Waals surface area (Å²) in [5.41, 5.74) is 22.9. The number of aryl methyl sites for hydroxylation is 1. The van der Waals surface area contributed by atoms with E-state index in [0.29, 0.717) is 57.1 Å². The molecule has 22 nitrogen and oxygen atoms in total. The fourth-order valence-corrected chi connectivity index (χ4v) is 8.17. The maximum atomic E-state index is 12.1. The highest BCUT2D eigenvalue weighted by atomic mass is 16.5. The summed E-state index contributed by atoms with van der Waals surface area (Å²) >= 11 is 0. The molecule has 0 fully saturated rings. The van der Waals surface area contributed by atoms with E-state index in [1.807, 2.05) is 141 Å². The van der Waals surface area contributed by atoms with Crippen LogP contribution in [-0.4, -0.2) is 99.7 Å². The number of nitrogens with zero attached hydrogens (tertiary/aromatic N) is 13. The summed E-state index contributed by atoms with van der Waals surface area (Å²) < 4.78 is 27.4. The predicted molar refractivity (Wildman–Crippen MR) is 324 cm³/mol. The van der Waals surface area contributed by atoms with E-state index in [4.69, 9.17) is 39.2 Å². The van der Waals surface area contributed by atoms with E-state index in [9.17, 15) is 4.79 Å². The van der Waals surface area contributed by atoms with Gasteiger partial charge in [0.15, 0.2) is 23.0 Å². The number of hydrogen-bond donors (Lipinski definition) is 3. The molecular formula is C61H62N16O6. The molecule has 83 heavy (non-hydrogen) atoms. The summed E-state index contributed by atoms with van der Waals surface area (Å²) in [7, 11) is 6.86. The number of esters is 1. The maximum Gasteiger partial charge on any atom is 0.338 e. The molecule has 1 aliphatic rings. The number of hydrogen-bond acceptors (Lipinski definition) is 22. The molecule has 0 spiro atoms. The van der Waals surface area contributed by atoms with Crippen molar-refractivity contribution in [3.8, 4) is 85.9 Å². The Labute approximate surface area is 482 Å². The van der Waals surface area contributed by atoms with Crippen molar-refractivity contribution in [2.45, 2.75) is 13.3 Å². The van der Waals surface area contributed by atoms with Gasteiger partial charge in [-0.25, -0.2) is 29.7 Å². The molecule has 6 aromatic heterocycles. The largest absolute Gasteiger partial charge is 0.495 e. The third kappa shape index (κ3) is 12.7. The molecule has 0 saturated carbocycles. The molecule has 1 aliphatic carbocycles. The molecule has 12 rings (SSSR count). The molecule has 0 bridgehead atoms. The molecule has 0 radical (unpaired) electrons. The lowest BCUT2D eigenvalue weighted by Gasteiger charge is -2.16. The van der Waals surface area contributed by atoms with Crippen molar-refractivity contribution in [3.63, 3.8) is 0 Å². The van der Waals surface area contributed by atoms with Gasteiger partial charge in [-0.3, -0.25) is 4.98 Å². The first-order valence-corrected chi connectivity index (χ1v) is 25.6. The number of nitrogens with two attached hydrogens (primary N) is 2. The Bertz CT molecular complexity index is 4170. The summed E-state index contributed by atoms with van der Waals surface area (Å²) in [4.78, 5) is 40.6. The van der Waals surface area contributed by atoms with E-state index in [-0.39, 0.29) is 48.1 Å². The topological polar surface area (TPSA) is 297 Å². The van der Waals surface area contributed by atoms with E-state index in [0.717, 1.165) is 51.3 Å². The van der Waals surface area contributed by atoms with Crippen molar-refractivity contribution in [2.24, 2.45) is 0 Å². The Morgan fingerprint density at radius 1 is 0.602 bits per heavy atom. The van der Waals surface area contributed by atoms with Gasteiger partial charge in [0.2, 0.25) is 11.8 Å². The number of carbonyl (C=O) groups is 1. The summed E-state index contributed by atoms with van der Waals surface area (Å²) in [6, 6.07) is 41.6. The minimum absolute atomic E-state index is 0. The van der Waals surface area contributed by atoms with Crippen LogP contribution in [0.25, 0.3) is 91.4 Å². The second-order valence-corrected chi connectivity index (χ2v) is 18.2. The first kappa shape index (κ1) is 54.8. The monoisotopic (exact) mass is 1110 g/mol. The van der Waals surface area contributed by atoms with Gasteiger partial charge in [0.25, 0.3) is 17.7 Å². The summed E-state index contributed by atoms with van der Waals surface area (Å²) in [5.74, 6) is 2.06. The second-order valence-electron chi connectivity index (χ2n) is 18.2. The number of nitrogen functional groups attached to an aromatic ring is 2. The first-order chi connectivity index (χ1) is 40.4. The fraction of sp³-hybridized carbons (Fsp3) is 0.0984. The molecule has 0 aliphatic heterocycles. The number of ether oxygens (including phenoxy) is 2. The summed E-state index contributed by atoms with van der Waals surface area (Å²) in [6.07, 6.45) is 11.9. The van der Waals surface area contributed by atoms with Gasteiger partial charge >= 0.3 is 12.0 Å². The van der Waals surface area contributed by atoms with Gasteiger partial charge in [0.05, 0.1) is 66.8 Å². The second kappa shape index (κ2) is 25.1. The number of nitrogens with one attached hydrogen (secondary N) is 1. The zero-order chi connectivity index (χ0) is 57.8. The average Bonchev–Trinajstić information content (AvgIpc) is 3.20. The lowest BCUT2D eigenvalue weighted by molar-refractivity contribution is 0.0601. The van der Waals surface area contributed by atoms with Crippen LogP contribution in [0.2, 0.25) is 0 Å². The van der Waals surface area contributed by atoms with Gasteiger partial charge in [0, 0.05) is 49.2 Å². The molecule has 11 aromatic rings. The van der Waals surface area contributed by atoms with Crippen molar-refractivity contribution in [1.82, 2.24) is 65.4 Å². The molecule has 6 heterocycles. The van der Waals surface area contributed by atoms with E-state index in [1.165, 1.54) is 13.3 Å². The molecule has 0 saturated heterocycles. The van der Waals surface area contributed by atoms with Crippen LogP contribution >= 0.6 is 0 Å². The summed E-state index contributed by atoms with van der Waals surface area (Å²) in [5, 5.41) is 27.5. The Balaban J connectivity index is 0.000000236. The molecule has 5 N–H and O–H groups in total. The Morgan fingerprint density at radius 3 is 1.76 bits per heavy atom. The molecule has 0 unspecified atom stereocenters. The smallest absolute Gasteiger partial charge is 0.338 e. The third-order valence-electron chi connectivity index (χ3n) is 12.6. The van der Waals surface area contributed by atoms with Crippen LogP contribution in [0.1, 0.15) is 40.9 Å². The van der Waals surface area contributed by atoms with Crippen molar-refractivity contribution in [1.29, 1.82) is 0 Å². The van der Waals surface area contributed by atoms with Gasteiger partial charge in [-0.1, -0.05) is 121 Å². The predicted octanol–water partition coefficient (Wildman–Crippen LogP) is 12.4. The van der Waals surface area contributed by atoms with Gasteiger partial charge in [-0.2, -0.15) is 0 Å². The Morgan fingerprint density at radius 2 is 1.14 bits per heavy atom. The van der Waals surface area contributed by atoms with Crippen LogP contribution in [0, 0.1) is 6.92 Å². The Hall–Kier alpha value is -11.6. The van der Waals surface area contributed by atoms with Gasteiger partial charge in [-0.15, -0.1) is 25.5 Å². The van der Waals surface area contributed by atoms with E-state index < -0.39 is 5.97 Å². The number of benzene rings is 5. The number of methoxy groups -OCH3 is 2. The van der Waals surface area contributed by atoms with E-state index in [2.05, 4.69) is 79.6 Å². The standard InChI is InChI=1S/C24H24N6O2.C20H15N5O3.C17H13N5O.5H2/c1-15-22(23-28-29-24(32-23)27-19-8-6-7-9-21(19)31-5)26-20(14-25-15)18-12-10-17(11-13-18)16(2)30(3)4;1-27-20(26)14-10-6-5-9-13(14)15-11-22-17(21)16(23-15)19-25-24-18(28-19)12-7-3-2-4-8-12;18-15-14(20-13(10-19-15)11-6-4-5-7-11)17-22-21-16(23-17)12-8-2-1-3-9-12;;;;;/h6-14H,2H2,1,3-5H3,(H,27,29);2-11H,1H3,(H2,21,22);1-4,6-10H,5H2,(H2,18,19);5*1H. The van der Waals surface area contributed by atoms with Gasteiger partial charge < -0.3 is 44.4 Å². The van der Waals surface area contributed by atoms with Crippen LogP contribution in [0.5, 0.6) is 5.75 Å². The number of anilines is 4. The van der Waals surface area contributed by atoms with Crippen molar-refractivity contribution < 1.29 is 34.7 Å². The van der Waals surface area contributed by atoms with E-state index in [1.54, 1.807) is 43.8 Å². The van der Waals surface area contributed by atoms with Crippen LogP contribution in [-0.2, 0) is 4.74 Å². The molecule has 22 heteroatoms. The molecule has 0 amide bonds. The zero-order valence-electron chi connectivity index (χ0n) is 45.5. The molecule has 422 valence electrons. The number of para-hydroxylation sites is 2. The highest BCUT2D eigenvalue weighted by molar-refractivity contribution is 5.97. The quantitative estimate of drug-likeness (QED) is 0.0852. The Kier molecular flexibility index (Phi) is 16.5. The number of allylic oxidation sites excluding steroid dienone is 4. The van der Waals surface area contributed by atoms with Crippen LogP contribution in [0.15, 0.2) is 190 Å². The molecule has 0 atom stereocenters. The SMILES string of the molecule is C=C(c1ccc(-c2cnc(C)c(-c3nnc(Nc4ccccc4OC)o3)n2)cc1)N(C)C.COC(=O)c1ccccc1-c1cnc(N)c(-c2nnc(-c3ccccc3)o2)n1.Nc1ncc(C2=CCC=C2)nc1-c1nnc(-c2ccccc2)o1.[HH].[HH].[HH].[HH].[HH]. The number of rotatable bonds is 14. The molecule has 5 aromatic carbocycles. The normalized spacial score (nSPS) is 11.4. The van der Waals surface area contributed by atoms with Crippen molar-refractivity contribution >= 4 is 40.6 Å². The van der Waals surface area contributed by atoms with Crippen LogP contribution in [0.3, 0.4) is 0 Å². The number of carbonyl (C=O) groups excluding carboxylic acids is 1. The van der Waals surface area contributed by atoms with Crippen LogP contribution < -0.4 is 21.5 Å². The highest BCUT2D eigenvalue weighted by Gasteiger charge is 2.22. The third-order valence-corrected chi connectivity index (χ3v) is 12.6. The first-order valence-electron chi connectivity index (χ1n) is 25.6. The lowest BCUT2D eigenvalue weighted by Crippen LogP contribution is -2.08. The molecular weight excluding hydrogens is 1050 g/mol. The minimum Gasteiger partial charge on any atom is -0.495 e. The number of aromatic nitrogens is 12. The minimum atomic E-state index is -0.472. The van der Waals surface area contributed by atoms with Crippen LogP contribution in [0.4, 0.5) is 23.3 Å². The average molecular weight is 1120 g/mol. The fourth-order valence-electron chi connectivity index (χ4n) is 8.17. The van der Waals surface area contributed by atoms with Crippen molar-refractivity contribution in [2.75, 3.05) is 45.1 Å². The summed E-state index contributed by atoms with van der Waals surface area (Å²) in [6.45, 7) is 5.95. The van der Waals surface area contributed by atoms with Gasteiger partial charge in [-0.05, 0) is 66.9 Å². The zero-order valence-corrected chi connectivity index (χ0v) is 45.5. The van der Waals surface area contributed by atoms with E-state index >= 15 is 0 Å². The van der Waals surface area contributed by atoms with Gasteiger partial charge in [0.1, 0.15) is 11.4 Å². The highest BCUT2D eigenvalue weighted by Crippen LogP contribution is 2.33. The maximum absolute atomic E-state index is 12.1.